The number of carboxylic acid groups (broad SMARTS) is 1. The highest BCUT2D eigenvalue weighted by Crippen LogP contribution is 2.28. The molecule has 0 fully saturated rings. The summed E-state index contributed by atoms with van der Waals surface area (Å²) in [6, 6.07) is 0. The fraction of sp³-hybridized carbons (Fsp3) is 0.800. The van der Waals surface area contributed by atoms with Crippen LogP contribution in [0.5, 0.6) is 0 Å². The quantitative estimate of drug-likeness (QED) is 0.651. The van der Waals surface area contributed by atoms with Crippen LogP contribution in [0.2, 0.25) is 0 Å². The van der Waals surface area contributed by atoms with Crippen LogP contribution in [0.4, 0.5) is 0 Å². The van der Waals surface area contributed by atoms with E-state index < -0.39 is 16.0 Å². The van der Waals surface area contributed by atoms with Gasteiger partial charge in [0.2, 0.25) is 5.91 Å². The molecular weight excluding hydrogens is 230 g/mol. The van der Waals surface area contributed by atoms with E-state index in [4.69, 9.17) is 9.84 Å². The summed E-state index contributed by atoms with van der Waals surface area (Å²) >= 11 is 1.12. The van der Waals surface area contributed by atoms with Gasteiger partial charge in [0.15, 0.2) is 0 Å². The van der Waals surface area contributed by atoms with Gasteiger partial charge in [0.25, 0.3) is 0 Å². The fourth-order valence-electron chi connectivity index (χ4n) is 0.966. The summed E-state index contributed by atoms with van der Waals surface area (Å²) in [6.45, 7) is 5.74. The summed E-state index contributed by atoms with van der Waals surface area (Å²) in [5.41, 5.74) is 0. The minimum atomic E-state index is -0.960. The van der Waals surface area contributed by atoms with Gasteiger partial charge in [-0.3, -0.25) is 9.59 Å². The van der Waals surface area contributed by atoms with E-state index in [-0.39, 0.29) is 5.91 Å². The number of thioether (sulfide) groups is 1. The van der Waals surface area contributed by atoms with Crippen molar-refractivity contribution < 1.29 is 19.4 Å². The zero-order valence-electron chi connectivity index (χ0n) is 10.1. The number of rotatable bonds is 7. The third-order valence-electron chi connectivity index (χ3n) is 1.96. The molecule has 0 aliphatic heterocycles. The summed E-state index contributed by atoms with van der Waals surface area (Å²) in [5.74, 6) is -1.09. The third-order valence-corrected chi connectivity index (χ3v) is 3.29. The summed E-state index contributed by atoms with van der Waals surface area (Å²) in [4.78, 5) is 22.4. The van der Waals surface area contributed by atoms with Crippen molar-refractivity contribution in [3.63, 3.8) is 0 Å². The molecule has 0 rings (SSSR count). The standard InChI is InChI=1S/C10H19NO4S/c1-7(8(12)11-5-6-15-4)16-10(2,3)9(13)14/h7H,5-6H2,1-4H3,(H,11,12)(H,13,14). The van der Waals surface area contributed by atoms with E-state index in [1.807, 2.05) is 0 Å². The number of hydrogen-bond acceptors (Lipinski definition) is 4. The second-order valence-electron chi connectivity index (χ2n) is 3.86. The summed E-state index contributed by atoms with van der Waals surface area (Å²) < 4.78 is 3.84. The van der Waals surface area contributed by atoms with Crippen LogP contribution in [0.15, 0.2) is 0 Å². The van der Waals surface area contributed by atoms with Crippen LogP contribution in [-0.2, 0) is 14.3 Å². The van der Waals surface area contributed by atoms with E-state index in [0.29, 0.717) is 13.2 Å². The highest BCUT2D eigenvalue weighted by molar-refractivity contribution is 8.02. The van der Waals surface area contributed by atoms with Crippen molar-refractivity contribution in [3.05, 3.63) is 0 Å². The van der Waals surface area contributed by atoms with Gasteiger partial charge in [-0.05, 0) is 20.8 Å². The van der Waals surface area contributed by atoms with Gasteiger partial charge >= 0.3 is 5.97 Å². The molecule has 0 saturated carbocycles. The molecule has 16 heavy (non-hydrogen) atoms. The average Bonchev–Trinajstić information content (AvgIpc) is 2.17. The topological polar surface area (TPSA) is 75.6 Å². The number of ether oxygens (including phenoxy) is 1. The SMILES string of the molecule is COCCNC(=O)C(C)SC(C)(C)C(=O)O. The number of aliphatic carboxylic acids is 1. The Kier molecular flexibility index (Phi) is 6.43. The lowest BCUT2D eigenvalue weighted by atomic mass is 10.2. The molecule has 0 heterocycles. The second-order valence-corrected chi connectivity index (χ2v) is 5.82. The van der Waals surface area contributed by atoms with Crippen LogP contribution < -0.4 is 5.32 Å². The predicted molar refractivity (Wildman–Crippen MR) is 63.7 cm³/mol. The molecule has 1 atom stereocenters. The molecule has 5 nitrogen and oxygen atoms in total. The van der Waals surface area contributed by atoms with Crippen molar-refractivity contribution in [1.82, 2.24) is 5.32 Å². The maximum absolute atomic E-state index is 11.5. The molecule has 0 radical (unpaired) electrons. The number of hydrogen-bond donors (Lipinski definition) is 2. The first-order valence-corrected chi connectivity index (χ1v) is 5.87. The van der Waals surface area contributed by atoms with Crippen molar-refractivity contribution in [2.45, 2.75) is 30.8 Å². The summed E-state index contributed by atoms with van der Waals surface area (Å²) in [7, 11) is 1.55. The minimum Gasteiger partial charge on any atom is -0.480 e. The molecule has 1 unspecified atom stereocenters. The van der Waals surface area contributed by atoms with E-state index in [2.05, 4.69) is 5.32 Å². The average molecular weight is 249 g/mol. The van der Waals surface area contributed by atoms with Crippen LogP contribution in [0.25, 0.3) is 0 Å². The van der Waals surface area contributed by atoms with Crippen molar-refractivity contribution in [2.24, 2.45) is 0 Å². The van der Waals surface area contributed by atoms with Crippen LogP contribution in [0.1, 0.15) is 20.8 Å². The molecule has 1 amide bonds. The molecule has 2 N–H and O–H groups in total. The Bertz CT molecular complexity index is 255. The molecule has 0 aliphatic rings. The Balaban J connectivity index is 4.10. The van der Waals surface area contributed by atoms with Crippen molar-refractivity contribution >= 4 is 23.6 Å². The lowest BCUT2D eigenvalue weighted by Gasteiger charge is -2.22. The van der Waals surface area contributed by atoms with E-state index in [1.165, 1.54) is 0 Å². The fourth-order valence-corrected chi connectivity index (χ4v) is 2.14. The van der Waals surface area contributed by atoms with E-state index >= 15 is 0 Å². The Morgan fingerprint density at radius 1 is 1.50 bits per heavy atom. The number of carboxylic acids is 1. The first kappa shape index (κ1) is 15.2. The number of methoxy groups -OCH3 is 1. The first-order valence-electron chi connectivity index (χ1n) is 4.99. The summed E-state index contributed by atoms with van der Waals surface area (Å²) in [6.07, 6.45) is 0. The van der Waals surface area contributed by atoms with E-state index in [9.17, 15) is 9.59 Å². The Hall–Kier alpha value is -0.750. The molecule has 0 aromatic rings. The molecule has 0 aromatic carbocycles. The van der Waals surface area contributed by atoms with Gasteiger partial charge in [-0.1, -0.05) is 0 Å². The molecule has 0 aliphatic carbocycles. The number of carbonyl (C=O) groups is 2. The van der Waals surface area contributed by atoms with Crippen LogP contribution in [-0.4, -0.2) is 47.2 Å². The predicted octanol–water partition coefficient (Wildman–Crippen LogP) is 0.734. The first-order chi connectivity index (χ1) is 7.31. The summed E-state index contributed by atoms with van der Waals surface area (Å²) in [5, 5.41) is 11.2. The van der Waals surface area contributed by atoms with Crippen molar-refractivity contribution in [3.8, 4) is 0 Å². The van der Waals surface area contributed by atoms with Gasteiger partial charge in [-0.25, -0.2) is 0 Å². The number of amides is 1. The number of carbonyl (C=O) groups excluding carboxylic acids is 1. The zero-order chi connectivity index (χ0) is 12.8. The number of nitrogens with one attached hydrogen (secondary N) is 1. The highest BCUT2D eigenvalue weighted by atomic mass is 32.2. The monoisotopic (exact) mass is 249 g/mol. The Morgan fingerprint density at radius 3 is 2.50 bits per heavy atom. The lowest BCUT2D eigenvalue weighted by Crippen LogP contribution is -2.38. The van der Waals surface area contributed by atoms with Gasteiger partial charge in [0.05, 0.1) is 11.9 Å². The molecule has 0 saturated heterocycles. The zero-order valence-corrected chi connectivity index (χ0v) is 10.9. The van der Waals surface area contributed by atoms with Crippen molar-refractivity contribution in [1.29, 1.82) is 0 Å². The molecule has 0 aromatic heterocycles. The van der Waals surface area contributed by atoms with Crippen molar-refractivity contribution in [2.75, 3.05) is 20.3 Å². The largest absolute Gasteiger partial charge is 0.480 e. The molecule has 0 spiro atoms. The molecule has 94 valence electrons. The maximum Gasteiger partial charge on any atom is 0.319 e. The maximum atomic E-state index is 11.5. The normalized spacial score (nSPS) is 13.2. The second kappa shape index (κ2) is 6.75. The van der Waals surface area contributed by atoms with E-state index in [0.717, 1.165) is 11.8 Å². The van der Waals surface area contributed by atoms with Gasteiger partial charge in [-0.2, -0.15) is 0 Å². The Labute approximate surface area is 99.9 Å². The minimum absolute atomic E-state index is 0.170. The Morgan fingerprint density at radius 2 is 2.06 bits per heavy atom. The third kappa shape index (κ3) is 5.37. The smallest absolute Gasteiger partial charge is 0.319 e. The molecular formula is C10H19NO4S. The van der Waals surface area contributed by atoms with Gasteiger partial charge in [-0.15, -0.1) is 11.8 Å². The van der Waals surface area contributed by atoms with E-state index in [1.54, 1.807) is 27.9 Å². The van der Waals surface area contributed by atoms with Crippen LogP contribution in [0, 0.1) is 0 Å². The van der Waals surface area contributed by atoms with Gasteiger partial charge in [0.1, 0.15) is 4.75 Å². The van der Waals surface area contributed by atoms with Crippen LogP contribution in [0.3, 0.4) is 0 Å². The highest BCUT2D eigenvalue weighted by Gasteiger charge is 2.32. The van der Waals surface area contributed by atoms with Gasteiger partial charge in [0, 0.05) is 13.7 Å². The van der Waals surface area contributed by atoms with Crippen LogP contribution >= 0.6 is 11.8 Å². The lowest BCUT2D eigenvalue weighted by molar-refractivity contribution is -0.138. The molecule has 0 bridgehead atoms. The molecule has 6 heteroatoms. The van der Waals surface area contributed by atoms with Gasteiger partial charge < -0.3 is 15.2 Å².